The zero-order chi connectivity index (χ0) is 11.8. The molecule has 1 aromatic rings. The van der Waals surface area contributed by atoms with Crippen molar-refractivity contribution in [3.05, 3.63) is 34.9 Å². The molecular weight excluding hydrogens is 198 g/mol. The van der Waals surface area contributed by atoms with E-state index >= 15 is 0 Å². The van der Waals surface area contributed by atoms with E-state index in [1.165, 1.54) is 16.7 Å². The van der Waals surface area contributed by atoms with Crippen molar-refractivity contribution in [2.75, 3.05) is 13.2 Å². The first-order valence-electron chi connectivity index (χ1n) is 5.94. The van der Waals surface area contributed by atoms with Crippen LogP contribution in [0.4, 0.5) is 0 Å². The van der Waals surface area contributed by atoms with Crippen LogP contribution in [0, 0.1) is 13.8 Å². The van der Waals surface area contributed by atoms with Crippen LogP contribution in [0.1, 0.15) is 30.0 Å². The molecule has 1 heterocycles. The van der Waals surface area contributed by atoms with Crippen LogP contribution >= 0.6 is 0 Å². The molecule has 1 aliphatic heterocycles. The summed E-state index contributed by atoms with van der Waals surface area (Å²) in [6.07, 6.45) is 1.01. The van der Waals surface area contributed by atoms with Gasteiger partial charge >= 0.3 is 0 Å². The van der Waals surface area contributed by atoms with Gasteiger partial charge in [0.05, 0.1) is 13.2 Å². The zero-order valence-corrected chi connectivity index (χ0v) is 10.4. The highest BCUT2D eigenvalue weighted by Crippen LogP contribution is 2.37. The van der Waals surface area contributed by atoms with Crippen molar-refractivity contribution in [1.82, 2.24) is 0 Å². The van der Waals surface area contributed by atoms with E-state index in [1.54, 1.807) is 0 Å². The summed E-state index contributed by atoms with van der Waals surface area (Å²) in [5, 5.41) is 0. The average Bonchev–Trinajstić information content (AvgIpc) is 2.16. The molecule has 0 spiro atoms. The van der Waals surface area contributed by atoms with Gasteiger partial charge in [-0.25, -0.2) is 0 Å². The lowest BCUT2D eigenvalue weighted by Gasteiger charge is -2.43. The Bertz CT molecular complexity index is 380. The van der Waals surface area contributed by atoms with Gasteiger partial charge in [-0.3, -0.25) is 0 Å². The first-order valence-corrected chi connectivity index (χ1v) is 5.94. The molecule has 0 aliphatic carbocycles. The van der Waals surface area contributed by atoms with E-state index in [4.69, 9.17) is 10.5 Å². The highest BCUT2D eigenvalue weighted by Gasteiger charge is 2.40. The van der Waals surface area contributed by atoms with E-state index in [9.17, 15) is 0 Å². The SMILES string of the molecule is Cc1ccc(C2(CC(C)N)COC2)cc1C. The molecule has 16 heavy (non-hydrogen) atoms. The van der Waals surface area contributed by atoms with Gasteiger partial charge in [-0.15, -0.1) is 0 Å². The fourth-order valence-corrected chi connectivity index (χ4v) is 2.44. The smallest absolute Gasteiger partial charge is 0.0586 e. The monoisotopic (exact) mass is 219 g/mol. The highest BCUT2D eigenvalue weighted by molar-refractivity contribution is 5.36. The molecule has 1 atom stereocenters. The van der Waals surface area contributed by atoms with E-state index in [0.29, 0.717) is 0 Å². The Kier molecular flexibility index (Phi) is 3.04. The number of benzene rings is 1. The number of hydrogen-bond acceptors (Lipinski definition) is 2. The molecule has 2 heteroatoms. The lowest BCUT2D eigenvalue weighted by Crippen LogP contribution is -2.49. The second-order valence-corrected chi connectivity index (χ2v) is 5.25. The summed E-state index contributed by atoms with van der Waals surface area (Å²) >= 11 is 0. The highest BCUT2D eigenvalue weighted by atomic mass is 16.5. The van der Waals surface area contributed by atoms with Crippen LogP contribution in [0.3, 0.4) is 0 Å². The second-order valence-electron chi connectivity index (χ2n) is 5.25. The molecule has 1 unspecified atom stereocenters. The molecule has 1 aromatic carbocycles. The van der Waals surface area contributed by atoms with Crippen molar-refractivity contribution in [2.24, 2.45) is 5.73 Å². The Labute approximate surface area is 97.8 Å². The second kappa shape index (κ2) is 4.19. The maximum Gasteiger partial charge on any atom is 0.0586 e. The van der Waals surface area contributed by atoms with Crippen molar-refractivity contribution in [2.45, 2.75) is 38.6 Å². The molecule has 1 saturated heterocycles. The Morgan fingerprint density at radius 2 is 2.00 bits per heavy atom. The van der Waals surface area contributed by atoms with E-state index in [0.717, 1.165) is 19.6 Å². The van der Waals surface area contributed by atoms with Gasteiger partial charge in [0.1, 0.15) is 0 Å². The lowest BCUT2D eigenvalue weighted by molar-refractivity contribution is -0.0665. The summed E-state index contributed by atoms with van der Waals surface area (Å²) in [6.45, 7) is 8.02. The van der Waals surface area contributed by atoms with Crippen LogP contribution in [-0.4, -0.2) is 19.3 Å². The number of rotatable bonds is 3. The van der Waals surface area contributed by atoms with Gasteiger partial charge in [-0.05, 0) is 43.9 Å². The van der Waals surface area contributed by atoms with Gasteiger partial charge in [0.15, 0.2) is 0 Å². The lowest BCUT2D eigenvalue weighted by atomic mass is 9.73. The minimum atomic E-state index is 0.173. The third kappa shape index (κ3) is 2.00. The number of nitrogens with two attached hydrogens (primary N) is 1. The van der Waals surface area contributed by atoms with Crippen molar-refractivity contribution < 1.29 is 4.74 Å². The molecule has 0 radical (unpaired) electrons. The van der Waals surface area contributed by atoms with E-state index < -0.39 is 0 Å². The molecule has 0 saturated carbocycles. The fourth-order valence-electron chi connectivity index (χ4n) is 2.44. The molecule has 0 aromatic heterocycles. The molecule has 1 fully saturated rings. The Hall–Kier alpha value is -0.860. The fraction of sp³-hybridized carbons (Fsp3) is 0.571. The minimum absolute atomic E-state index is 0.173. The predicted molar refractivity (Wildman–Crippen MR) is 66.7 cm³/mol. The Morgan fingerprint density at radius 3 is 2.44 bits per heavy atom. The van der Waals surface area contributed by atoms with Crippen molar-refractivity contribution in [3.63, 3.8) is 0 Å². The van der Waals surface area contributed by atoms with Crippen LogP contribution in [0.2, 0.25) is 0 Å². The van der Waals surface area contributed by atoms with E-state index in [-0.39, 0.29) is 11.5 Å². The first kappa shape index (κ1) is 11.6. The largest absolute Gasteiger partial charge is 0.379 e. The molecule has 0 amide bonds. The summed E-state index contributed by atoms with van der Waals surface area (Å²) in [5.41, 5.74) is 10.2. The maximum atomic E-state index is 5.94. The van der Waals surface area contributed by atoms with Gasteiger partial charge in [0.25, 0.3) is 0 Å². The van der Waals surface area contributed by atoms with Crippen LogP contribution in [-0.2, 0) is 10.2 Å². The minimum Gasteiger partial charge on any atom is -0.379 e. The number of hydrogen-bond donors (Lipinski definition) is 1. The van der Waals surface area contributed by atoms with Crippen molar-refractivity contribution in [1.29, 1.82) is 0 Å². The van der Waals surface area contributed by atoms with E-state index in [2.05, 4.69) is 39.0 Å². The van der Waals surface area contributed by atoms with Gasteiger partial charge in [-0.2, -0.15) is 0 Å². The normalized spacial score (nSPS) is 20.2. The summed E-state index contributed by atoms with van der Waals surface area (Å²) in [7, 11) is 0. The van der Waals surface area contributed by atoms with Crippen LogP contribution in [0.25, 0.3) is 0 Å². The Morgan fingerprint density at radius 1 is 1.31 bits per heavy atom. The topological polar surface area (TPSA) is 35.2 Å². The standard InChI is InChI=1S/C14H21NO/c1-10-4-5-13(6-11(10)2)14(7-12(3)15)8-16-9-14/h4-6,12H,7-9,15H2,1-3H3. The number of ether oxygens (including phenoxy) is 1. The average molecular weight is 219 g/mol. The van der Waals surface area contributed by atoms with Crippen molar-refractivity contribution in [3.8, 4) is 0 Å². The molecule has 0 bridgehead atoms. The quantitative estimate of drug-likeness (QED) is 0.846. The summed E-state index contributed by atoms with van der Waals surface area (Å²) in [6, 6.07) is 6.95. The molecule has 2 N–H and O–H groups in total. The number of aryl methyl sites for hydroxylation is 2. The van der Waals surface area contributed by atoms with Crippen LogP contribution in [0.15, 0.2) is 18.2 Å². The zero-order valence-electron chi connectivity index (χ0n) is 10.4. The predicted octanol–water partition coefficient (Wildman–Crippen LogP) is 2.31. The summed E-state index contributed by atoms with van der Waals surface area (Å²) < 4.78 is 5.41. The molecule has 2 nitrogen and oxygen atoms in total. The first-order chi connectivity index (χ1) is 7.53. The molecule has 2 rings (SSSR count). The third-order valence-corrected chi connectivity index (χ3v) is 3.59. The third-order valence-electron chi connectivity index (χ3n) is 3.59. The van der Waals surface area contributed by atoms with Crippen LogP contribution < -0.4 is 5.73 Å². The maximum absolute atomic E-state index is 5.94. The van der Waals surface area contributed by atoms with Gasteiger partial charge in [0.2, 0.25) is 0 Å². The molecule has 88 valence electrons. The molecular formula is C14H21NO. The van der Waals surface area contributed by atoms with Gasteiger partial charge in [0, 0.05) is 11.5 Å². The molecule has 1 aliphatic rings. The van der Waals surface area contributed by atoms with Gasteiger partial charge < -0.3 is 10.5 Å². The van der Waals surface area contributed by atoms with Crippen molar-refractivity contribution >= 4 is 0 Å². The summed E-state index contributed by atoms with van der Waals surface area (Å²) in [5.74, 6) is 0. The Balaban J connectivity index is 2.29. The van der Waals surface area contributed by atoms with Gasteiger partial charge in [-0.1, -0.05) is 18.2 Å². The summed E-state index contributed by atoms with van der Waals surface area (Å²) in [4.78, 5) is 0. The van der Waals surface area contributed by atoms with Crippen LogP contribution in [0.5, 0.6) is 0 Å². The van der Waals surface area contributed by atoms with E-state index in [1.807, 2.05) is 0 Å².